The van der Waals surface area contributed by atoms with Crippen LogP contribution in [0.15, 0.2) is 0 Å². The highest BCUT2D eigenvalue weighted by molar-refractivity contribution is 4.65. The van der Waals surface area contributed by atoms with E-state index in [1.807, 2.05) is 6.92 Å². The quantitative estimate of drug-likeness (QED) is 0.453. The monoisotopic (exact) mass is 274 g/mol. The third-order valence-corrected chi connectivity index (χ3v) is 3.51. The third kappa shape index (κ3) is 7.88. The minimum atomic E-state index is -0.140. The van der Waals surface area contributed by atoms with Crippen molar-refractivity contribution in [1.82, 2.24) is 0 Å². The molecule has 0 aromatic rings. The van der Waals surface area contributed by atoms with Crippen molar-refractivity contribution in [2.24, 2.45) is 0 Å². The van der Waals surface area contributed by atoms with Gasteiger partial charge in [-0.25, -0.2) is 0 Å². The van der Waals surface area contributed by atoms with Crippen molar-refractivity contribution in [3.8, 4) is 0 Å². The number of hydrogen-bond acceptors (Lipinski definition) is 4. The fourth-order valence-corrected chi connectivity index (χ4v) is 2.39. The first-order valence-corrected chi connectivity index (χ1v) is 7.63. The van der Waals surface area contributed by atoms with Crippen LogP contribution >= 0.6 is 0 Å². The molecule has 19 heavy (non-hydrogen) atoms. The highest BCUT2D eigenvalue weighted by Crippen LogP contribution is 2.22. The molecule has 0 N–H and O–H groups in total. The molecule has 0 bridgehead atoms. The lowest BCUT2D eigenvalue weighted by Gasteiger charge is -2.28. The molecule has 114 valence electrons. The Hall–Kier alpha value is -0.160. The first-order valence-electron chi connectivity index (χ1n) is 7.63. The van der Waals surface area contributed by atoms with Crippen molar-refractivity contribution >= 4 is 0 Å². The second-order valence-electron chi connectivity index (χ2n) is 5.20. The second-order valence-corrected chi connectivity index (χ2v) is 5.20. The molecular weight excluding hydrogens is 244 g/mol. The average Bonchev–Trinajstić information content (AvgIpc) is 2.43. The normalized spacial score (nSPS) is 20.4. The molecule has 0 amide bonds. The number of hydrogen-bond donors (Lipinski definition) is 0. The van der Waals surface area contributed by atoms with Crippen LogP contribution in [-0.2, 0) is 18.9 Å². The Labute approximate surface area is 117 Å². The van der Waals surface area contributed by atoms with Crippen molar-refractivity contribution in [3.63, 3.8) is 0 Å². The molecule has 1 aliphatic rings. The predicted octanol–water partition coefficient (Wildman–Crippen LogP) is 3.14. The lowest BCUT2D eigenvalue weighted by Crippen LogP contribution is -2.30. The fraction of sp³-hybridized carbons (Fsp3) is 1.00. The van der Waals surface area contributed by atoms with E-state index in [9.17, 15) is 0 Å². The Kier molecular flexibility index (Phi) is 9.43. The Balaban J connectivity index is 2.14. The van der Waals surface area contributed by atoms with E-state index in [1.165, 1.54) is 32.1 Å². The van der Waals surface area contributed by atoms with Gasteiger partial charge in [0.1, 0.15) is 0 Å². The first-order chi connectivity index (χ1) is 9.26. The van der Waals surface area contributed by atoms with E-state index in [4.69, 9.17) is 18.9 Å². The number of methoxy groups -OCH3 is 1. The summed E-state index contributed by atoms with van der Waals surface area (Å²) in [5.74, 6) is 0. The van der Waals surface area contributed by atoms with E-state index < -0.39 is 0 Å². The van der Waals surface area contributed by atoms with Gasteiger partial charge >= 0.3 is 0 Å². The van der Waals surface area contributed by atoms with E-state index in [2.05, 4.69) is 6.92 Å². The van der Waals surface area contributed by atoms with Gasteiger partial charge in [0.05, 0.1) is 32.0 Å². The van der Waals surface area contributed by atoms with Crippen LogP contribution in [-0.4, -0.2) is 45.4 Å². The van der Waals surface area contributed by atoms with Crippen molar-refractivity contribution in [2.45, 2.75) is 70.9 Å². The molecule has 1 rings (SSSR count). The van der Waals surface area contributed by atoms with Crippen molar-refractivity contribution in [3.05, 3.63) is 0 Å². The fourth-order valence-electron chi connectivity index (χ4n) is 2.39. The van der Waals surface area contributed by atoms with Gasteiger partial charge in [0.25, 0.3) is 0 Å². The highest BCUT2D eigenvalue weighted by Gasteiger charge is 2.19. The molecular formula is C15H30O4. The second kappa shape index (κ2) is 10.6. The van der Waals surface area contributed by atoms with Crippen LogP contribution in [0, 0.1) is 0 Å². The third-order valence-electron chi connectivity index (χ3n) is 3.51. The van der Waals surface area contributed by atoms with Gasteiger partial charge in [0.15, 0.2) is 6.29 Å². The van der Waals surface area contributed by atoms with Crippen LogP contribution in [0.4, 0.5) is 0 Å². The topological polar surface area (TPSA) is 36.9 Å². The Morgan fingerprint density at radius 2 is 1.84 bits per heavy atom. The summed E-state index contributed by atoms with van der Waals surface area (Å²) in [4.78, 5) is 0. The molecule has 4 nitrogen and oxygen atoms in total. The molecule has 0 spiro atoms. The predicted molar refractivity (Wildman–Crippen MR) is 75.3 cm³/mol. The summed E-state index contributed by atoms with van der Waals surface area (Å²) in [5.41, 5.74) is 0. The van der Waals surface area contributed by atoms with Crippen LogP contribution in [0.5, 0.6) is 0 Å². The summed E-state index contributed by atoms with van der Waals surface area (Å²) in [5, 5.41) is 0. The van der Waals surface area contributed by atoms with Gasteiger partial charge in [-0.3, -0.25) is 0 Å². The Bertz CT molecular complexity index is 204. The molecule has 1 fully saturated rings. The van der Waals surface area contributed by atoms with Crippen molar-refractivity contribution < 1.29 is 18.9 Å². The van der Waals surface area contributed by atoms with Crippen molar-refractivity contribution in [2.75, 3.05) is 26.9 Å². The maximum absolute atomic E-state index is 5.95. The SMILES string of the molecule is CCC(COCCOC)OC(C)OC1CCCCC1. The lowest BCUT2D eigenvalue weighted by molar-refractivity contribution is -0.199. The van der Waals surface area contributed by atoms with E-state index in [-0.39, 0.29) is 12.4 Å². The molecule has 1 aliphatic carbocycles. The maximum atomic E-state index is 5.95. The number of ether oxygens (including phenoxy) is 4. The van der Waals surface area contributed by atoms with Gasteiger partial charge in [-0.05, 0) is 26.2 Å². The molecule has 2 atom stereocenters. The molecule has 0 radical (unpaired) electrons. The molecule has 0 aromatic heterocycles. The zero-order valence-electron chi connectivity index (χ0n) is 12.7. The summed E-state index contributed by atoms with van der Waals surface area (Å²) in [6.07, 6.45) is 7.56. The van der Waals surface area contributed by atoms with Crippen LogP contribution in [0.3, 0.4) is 0 Å². The Morgan fingerprint density at radius 3 is 2.47 bits per heavy atom. The molecule has 0 aliphatic heterocycles. The van der Waals surface area contributed by atoms with E-state index >= 15 is 0 Å². The average molecular weight is 274 g/mol. The number of rotatable bonds is 10. The van der Waals surface area contributed by atoms with Gasteiger partial charge in [0, 0.05) is 7.11 Å². The maximum Gasteiger partial charge on any atom is 0.155 e. The molecule has 4 heteroatoms. The van der Waals surface area contributed by atoms with Crippen LogP contribution < -0.4 is 0 Å². The van der Waals surface area contributed by atoms with Crippen LogP contribution in [0.2, 0.25) is 0 Å². The summed E-state index contributed by atoms with van der Waals surface area (Å²) in [6, 6.07) is 0. The van der Waals surface area contributed by atoms with Crippen LogP contribution in [0.1, 0.15) is 52.4 Å². The van der Waals surface area contributed by atoms with Crippen molar-refractivity contribution in [1.29, 1.82) is 0 Å². The zero-order valence-corrected chi connectivity index (χ0v) is 12.7. The summed E-state index contributed by atoms with van der Waals surface area (Å²) < 4.78 is 22.3. The molecule has 2 unspecified atom stereocenters. The summed E-state index contributed by atoms with van der Waals surface area (Å²) >= 11 is 0. The molecule has 1 saturated carbocycles. The van der Waals surface area contributed by atoms with Gasteiger partial charge in [-0.2, -0.15) is 0 Å². The first kappa shape index (κ1) is 16.9. The molecule has 0 saturated heterocycles. The smallest absolute Gasteiger partial charge is 0.155 e. The van der Waals surface area contributed by atoms with E-state index in [0.717, 1.165) is 6.42 Å². The van der Waals surface area contributed by atoms with E-state index in [0.29, 0.717) is 25.9 Å². The van der Waals surface area contributed by atoms with Gasteiger partial charge in [0.2, 0.25) is 0 Å². The van der Waals surface area contributed by atoms with Gasteiger partial charge in [-0.15, -0.1) is 0 Å². The summed E-state index contributed by atoms with van der Waals surface area (Å²) in [6.45, 7) is 5.96. The van der Waals surface area contributed by atoms with Gasteiger partial charge in [-0.1, -0.05) is 26.2 Å². The summed E-state index contributed by atoms with van der Waals surface area (Å²) in [7, 11) is 1.68. The van der Waals surface area contributed by atoms with Crippen LogP contribution in [0.25, 0.3) is 0 Å². The van der Waals surface area contributed by atoms with E-state index in [1.54, 1.807) is 7.11 Å². The largest absolute Gasteiger partial charge is 0.382 e. The minimum absolute atomic E-state index is 0.107. The van der Waals surface area contributed by atoms with Gasteiger partial charge < -0.3 is 18.9 Å². The highest BCUT2D eigenvalue weighted by atomic mass is 16.7. The lowest BCUT2D eigenvalue weighted by atomic mass is 9.98. The zero-order chi connectivity index (χ0) is 13.9. The molecule has 0 aromatic carbocycles. The molecule has 0 heterocycles. The Morgan fingerprint density at radius 1 is 1.11 bits per heavy atom. The minimum Gasteiger partial charge on any atom is -0.382 e. The standard InChI is InChI=1S/C15H30O4/c1-4-14(12-17-11-10-16-3)18-13(2)19-15-8-6-5-7-9-15/h13-15H,4-12H2,1-3H3.